The highest BCUT2D eigenvalue weighted by Gasteiger charge is 2.49. The third-order valence-corrected chi connectivity index (χ3v) is 7.11. The minimum Gasteiger partial charge on any atom is -0.329 e. The fourth-order valence-corrected chi connectivity index (χ4v) is 5.53. The van der Waals surface area contributed by atoms with Crippen molar-refractivity contribution in [3.8, 4) is 11.3 Å². The number of halogens is 2. The van der Waals surface area contributed by atoms with Crippen LogP contribution in [0.25, 0.3) is 22.3 Å². The van der Waals surface area contributed by atoms with Crippen LogP contribution in [0.15, 0.2) is 49.3 Å². The molecule has 0 aliphatic heterocycles. The number of rotatable bonds is 6. The smallest absolute Gasteiger partial charge is 0.283 e. The van der Waals surface area contributed by atoms with Gasteiger partial charge in [-0.3, -0.25) is 4.79 Å². The fourth-order valence-electron chi connectivity index (χ4n) is 4.44. The molecule has 33 heavy (non-hydrogen) atoms. The fraction of sp³-hybridized carbons (Fsp3) is 0.375. The molecule has 9 heteroatoms. The van der Waals surface area contributed by atoms with Crippen molar-refractivity contribution in [3.63, 3.8) is 0 Å². The second kappa shape index (κ2) is 9.15. The Kier molecular flexibility index (Phi) is 6.45. The van der Waals surface area contributed by atoms with E-state index in [9.17, 15) is 13.6 Å². The Balaban J connectivity index is 1.81. The molecule has 0 aromatic carbocycles. The summed E-state index contributed by atoms with van der Waals surface area (Å²) < 4.78 is 31.1. The van der Waals surface area contributed by atoms with Crippen LogP contribution in [0.4, 0.5) is 8.78 Å². The van der Waals surface area contributed by atoms with Crippen molar-refractivity contribution in [3.05, 3.63) is 59.2 Å². The van der Waals surface area contributed by atoms with E-state index in [-0.39, 0.29) is 11.4 Å². The third-order valence-electron chi connectivity index (χ3n) is 6.02. The van der Waals surface area contributed by atoms with E-state index in [0.29, 0.717) is 18.5 Å². The van der Waals surface area contributed by atoms with Crippen molar-refractivity contribution in [2.75, 3.05) is 7.05 Å². The first-order valence-electron chi connectivity index (χ1n) is 11.0. The van der Waals surface area contributed by atoms with Gasteiger partial charge in [0.15, 0.2) is 5.01 Å². The number of thiazole rings is 1. The monoisotopic (exact) mass is 471 g/mol. The van der Waals surface area contributed by atoms with Gasteiger partial charge in [0.1, 0.15) is 6.04 Å². The van der Waals surface area contributed by atoms with Gasteiger partial charge in [0.2, 0.25) is 0 Å². The molecule has 174 valence electrons. The molecule has 0 radical (unpaired) electrons. The molecule has 2 N–H and O–H groups in total. The van der Waals surface area contributed by atoms with Gasteiger partial charge in [0.05, 0.1) is 22.3 Å². The number of pyridine rings is 1. The second-order valence-electron chi connectivity index (χ2n) is 8.24. The van der Waals surface area contributed by atoms with Crippen molar-refractivity contribution >= 4 is 28.3 Å². The molecule has 1 fully saturated rings. The first kappa shape index (κ1) is 23.3. The van der Waals surface area contributed by atoms with Gasteiger partial charge >= 0.3 is 0 Å². The lowest BCUT2D eigenvalue weighted by atomic mass is 9.86. The predicted molar refractivity (Wildman–Crippen MR) is 127 cm³/mol. The number of hydrogen-bond acceptors (Lipinski definition) is 5. The predicted octanol–water partition coefficient (Wildman–Crippen LogP) is 5.02. The minimum atomic E-state index is -3.04. The largest absolute Gasteiger partial charge is 0.329 e. The highest BCUT2D eigenvalue weighted by atomic mass is 32.1. The standard InChI is InChI=1S/C24H27F2N5OS/c1-4-9-15(5-2)20-19(16-14-28-31-13-7-6-11-18(16)31)29-22(33-20)23(32)30(3)21-17(27)10-8-12-24(21,25)26/h5-7,9,11,13-14,17,21H,2,4,8,10,12,27H2,1,3H3. The Hall–Kier alpha value is -2.91. The molecule has 3 aromatic heterocycles. The van der Waals surface area contributed by atoms with Crippen molar-refractivity contribution in [1.82, 2.24) is 19.5 Å². The zero-order valence-electron chi connectivity index (χ0n) is 18.7. The van der Waals surface area contributed by atoms with Crippen molar-refractivity contribution in [1.29, 1.82) is 0 Å². The van der Waals surface area contributed by atoms with Crippen LogP contribution in [0.3, 0.4) is 0 Å². The summed E-state index contributed by atoms with van der Waals surface area (Å²) in [7, 11) is 1.39. The van der Waals surface area contributed by atoms with Crippen LogP contribution in [0.1, 0.15) is 47.3 Å². The Morgan fingerprint density at radius 2 is 2.24 bits per heavy atom. The number of nitrogens with zero attached hydrogens (tertiary/aromatic N) is 4. The van der Waals surface area contributed by atoms with E-state index in [1.54, 1.807) is 16.8 Å². The third kappa shape index (κ3) is 4.22. The second-order valence-corrected chi connectivity index (χ2v) is 9.23. The van der Waals surface area contributed by atoms with Crippen molar-refractivity contribution < 1.29 is 13.6 Å². The molecule has 1 amide bonds. The topological polar surface area (TPSA) is 76.5 Å². The molecule has 2 atom stereocenters. The lowest BCUT2D eigenvalue weighted by molar-refractivity contribution is -0.0984. The van der Waals surface area contributed by atoms with Crippen LogP contribution in [-0.4, -0.2) is 50.5 Å². The van der Waals surface area contributed by atoms with Gasteiger partial charge in [-0.15, -0.1) is 11.3 Å². The summed E-state index contributed by atoms with van der Waals surface area (Å²) in [6, 6.07) is 3.53. The number of amides is 1. The number of fused-ring (bicyclic) bond motifs is 1. The molecule has 4 rings (SSSR count). The summed E-state index contributed by atoms with van der Waals surface area (Å²) in [6.07, 6.45) is 8.52. The molecule has 1 saturated carbocycles. The van der Waals surface area contributed by atoms with Crippen LogP contribution >= 0.6 is 11.3 Å². The van der Waals surface area contributed by atoms with Crippen LogP contribution in [0.2, 0.25) is 0 Å². The normalized spacial score (nSPS) is 20.7. The molecule has 6 nitrogen and oxygen atoms in total. The van der Waals surface area contributed by atoms with Crippen molar-refractivity contribution in [2.45, 2.75) is 50.6 Å². The van der Waals surface area contributed by atoms with Crippen LogP contribution < -0.4 is 5.73 Å². The lowest BCUT2D eigenvalue weighted by Gasteiger charge is -2.41. The summed E-state index contributed by atoms with van der Waals surface area (Å²) in [4.78, 5) is 19.8. The molecule has 2 unspecified atom stereocenters. The van der Waals surface area contributed by atoms with Gasteiger partial charge in [-0.2, -0.15) is 5.10 Å². The molecular formula is C24H27F2N5OS. The van der Waals surface area contributed by atoms with E-state index in [1.807, 2.05) is 37.4 Å². The van der Waals surface area contributed by atoms with Crippen LogP contribution in [-0.2, 0) is 0 Å². The zero-order chi connectivity index (χ0) is 23.8. The maximum Gasteiger partial charge on any atom is 0.283 e. The zero-order valence-corrected chi connectivity index (χ0v) is 19.5. The first-order valence-corrected chi connectivity index (χ1v) is 11.8. The van der Waals surface area contributed by atoms with Gasteiger partial charge in [-0.1, -0.05) is 31.7 Å². The molecule has 3 aromatic rings. The SMILES string of the molecule is C=CC(=CCC)c1sc(C(=O)N(C)C2C(N)CCCC2(F)F)nc1-c1cnn2ccccc12. The van der Waals surface area contributed by atoms with E-state index in [4.69, 9.17) is 5.73 Å². The first-order chi connectivity index (χ1) is 15.8. The number of nitrogens with two attached hydrogens (primary N) is 1. The summed E-state index contributed by atoms with van der Waals surface area (Å²) in [5.41, 5.74) is 9.03. The highest BCUT2D eigenvalue weighted by Crippen LogP contribution is 2.39. The Bertz CT molecular complexity index is 1210. The van der Waals surface area contributed by atoms with Gasteiger partial charge in [0.25, 0.3) is 11.8 Å². The van der Waals surface area contributed by atoms with Gasteiger partial charge in [-0.05, 0) is 37.0 Å². The number of carbonyl (C=O) groups is 1. The average Bonchev–Trinajstić information content (AvgIpc) is 3.40. The molecular weight excluding hydrogens is 444 g/mol. The molecule has 0 saturated heterocycles. The van der Waals surface area contributed by atoms with Crippen LogP contribution in [0.5, 0.6) is 0 Å². The molecule has 1 aliphatic rings. The number of allylic oxidation sites excluding steroid dienone is 3. The number of carbonyl (C=O) groups excluding carboxylic acids is 1. The molecule has 0 spiro atoms. The summed E-state index contributed by atoms with van der Waals surface area (Å²) in [5, 5.41) is 4.52. The molecule has 3 heterocycles. The average molecular weight is 472 g/mol. The van der Waals surface area contributed by atoms with Gasteiger partial charge < -0.3 is 10.6 Å². The lowest BCUT2D eigenvalue weighted by Crippen LogP contribution is -2.60. The summed E-state index contributed by atoms with van der Waals surface area (Å²) in [5.74, 6) is -3.60. The van der Waals surface area contributed by atoms with E-state index in [2.05, 4.69) is 16.7 Å². The van der Waals surface area contributed by atoms with E-state index in [1.165, 1.54) is 18.4 Å². The number of likely N-dealkylation sites (N-methyl/N-ethyl adjacent to an activating group) is 1. The van der Waals surface area contributed by atoms with Crippen molar-refractivity contribution in [2.24, 2.45) is 5.73 Å². The Morgan fingerprint density at radius 1 is 1.45 bits per heavy atom. The maximum absolute atomic E-state index is 14.7. The summed E-state index contributed by atoms with van der Waals surface area (Å²) >= 11 is 1.18. The highest BCUT2D eigenvalue weighted by molar-refractivity contribution is 7.15. The summed E-state index contributed by atoms with van der Waals surface area (Å²) in [6.45, 7) is 5.92. The number of alkyl halides is 2. The van der Waals surface area contributed by atoms with Crippen LogP contribution in [0, 0.1) is 0 Å². The quantitative estimate of drug-likeness (QED) is 0.512. The molecule has 0 bridgehead atoms. The van der Waals surface area contributed by atoms with Gasteiger partial charge in [0, 0.05) is 31.3 Å². The van der Waals surface area contributed by atoms with Gasteiger partial charge in [-0.25, -0.2) is 18.3 Å². The Morgan fingerprint density at radius 3 is 2.94 bits per heavy atom. The van der Waals surface area contributed by atoms with E-state index in [0.717, 1.165) is 32.9 Å². The Labute approximate surface area is 195 Å². The number of aromatic nitrogens is 3. The maximum atomic E-state index is 14.7. The molecule has 1 aliphatic carbocycles. The van der Waals surface area contributed by atoms with E-state index >= 15 is 0 Å². The minimum absolute atomic E-state index is 0.134. The van der Waals surface area contributed by atoms with E-state index < -0.39 is 23.9 Å². The number of hydrogen-bond donors (Lipinski definition) is 1.